The van der Waals surface area contributed by atoms with Crippen LogP contribution in [0.15, 0.2) is 21.0 Å². The molecule has 0 atom stereocenters. The molecular formula is C12H11BrO2. The Bertz CT molecular complexity index is 552. The van der Waals surface area contributed by atoms with E-state index in [0.29, 0.717) is 5.76 Å². The molecule has 0 aliphatic rings. The van der Waals surface area contributed by atoms with Crippen LogP contribution in [0.4, 0.5) is 0 Å². The van der Waals surface area contributed by atoms with Crippen molar-refractivity contribution in [1.29, 1.82) is 0 Å². The van der Waals surface area contributed by atoms with E-state index in [-0.39, 0.29) is 5.78 Å². The maximum atomic E-state index is 11.3. The Kier molecular flexibility index (Phi) is 2.43. The molecule has 0 radical (unpaired) electrons. The summed E-state index contributed by atoms with van der Waals surface area (Å²) in [7, 11) is 0. The average molecular weight is 267 g/mol. The van der Waals surface area contributed by atoms with Crippen LogP contribution in [0.25, 0.3) is 11.0 Å². The number of rotatable bonds is 1. The van der Waals surface area contributed by atoms with Gasteiger partial charge in [-0.1, -0.05) is 15.9 Å². The monoisotopic (exact) mass is 266 g/mol. The highest BCUT2D eigenvalue weighted by atomic mass is 79.9. The molecule has 0 fully saturated rings. The number of fused-ring (bicyclic) bond motifs is 1. The van der Waals surface area contributed by atoms with Gasteiger partial charge in [-0.2, -0.15) is 0 Å². The Hall–Kier alpha value is -1.09. The van der Waals surface area contributed by atoms with Gasteiger partial charge in [-0.25, -0.2) is 0 Å². The predicted molar refractivity (Wildman–Crippen MR) is 63.4 cm³/mol. The summed E-state index contributed by atoms with van der Waals surface area (Å²) in [6.45, 7) is 5.41. The molecule has 0 unspecified atom stereocenters. The van der Waals surface area contributed by atoms with E-state index < -0.39 is 0 Å². The first-order chi connectivity index (χ1) is 7.00. The minimum Gasteiger partial charge on any atom is -0.452 e. The van der Waals surface area contributed by atoms with E-state index in [1.165, 1.54) is 6.92 Å². The zero-order valence-electron chi connectivity index (χ0n) is 8.85. The van der Waals surface area contributed by atoms with Crippen LogP contribution in [0.5, 0.6) is 0 Å². The lowest BCUT2D eigenvalue weighted by atomic mass is 10.1. The topological polar surface area (TPSA) is 30.2 Å². The maximum Gasteiger partial charge on any atom is 0.195 e. The Labute approximate surface area is 96.4 Å². The minimum atomic E-state index is -0.0285. The van der Waals surface area contributed by atoms with E-state index >= 15 is 0 Å². The molecule has 0 amide bonds. The van der Waals surface area contributed by atoms with Gasteiger partial charge in [0.25, 0.3) is 0 Å². The Morgan fingerprint density at radius 3 is 2.60 bits per heavy atom. The fourth-order valence-electron chi connectivity index (χ4n) is 1.78. The quantitative estimate of drug-likeness (QED) is 0.730. The van der Waals surface area contributed by atoms with Crippen LogP contribution in [0, 0.1) is 13.8 Å². The van der Waals surface area contributed by atoms with Gasteiger partial charge in [0, 0.05) is 22.3 Å². The van der Waals surface area contributed by atoms with E-state index in [2.05, 4.69) is 15.9 Å². The van der Waals surface area contributed by atoms with Gasteiger partial charge in [0.05, 0.1) is 0 Å². The zero-order chi connectivity index (χ0) is 11.2. The highest BCUT2D eigenvalue weighted by Gasteiger charge is 2.15. The number of halogens is 1. The third-order valence-corrected chi connectivity index (χ3v) is 2.97. The van der Waals surface area contributed by atoms with Crippen LogP contribution in [0.3, 0.4) is 0 Å². The largest absolute Gasteiger partial charge is 0.452 e. The van der Waals surface area contributed by atoms with Gasteiger partial charge in [-0.15, -0.1) is 0 Å². The summed E-state index contributed by atoms with van der Waals surface area (Å²) in [6, 6.07) is 3.96. The first kappa shape index (κ1) is 10.4. The molecule has 0 bridgehead atoms. The highest BCUT2D eigenvalue weighted by molar-refractivity contribution is 9.10. The van der Waals surface area contributed by atoms with E-state index in [4.69, 9.17) is 4.42 Å². The maximum absolute atomic E-state index is 11.3. The van der Waals surface area contributed by atoms with Crippen LogP contribution >= 0.6 is 15.9 Å². The van der Waals surface area contributed by atoms with E-state index in [1.54, 1.807) is 0 Å². The van der Waals surface area contributed by atoms with Gasteiger partial charge in [-0.3, -0.25) is 4.79 Å². The third kappa shape index (κ3) is 1.61. The summed E-state index contributed by atoms with van der Waals surface area (Å²) >= 11 is 3.44. The normalized spacial score (nSPS) is 10.9. The van der Waals surface area contributed by atoms with Crippen LogP contribution in [-0.2, 0) is 0 Å². The smallest absolute Gasteiger partial charge is 0.195 e. The number of aryl methyl sites for hydroxylation is 2. The van der Waals surface area contributed by atoms with E-state index in [1.807, 2.05) is 26.0 Å². The molecular weight excluding hydrogens is 256 g/mol. The molecule has 3 heteroatoms. The summed E-state index contributed by atoms with van der Waals surface area (Å²) in [6.07, 6.45) is 0. The molecule has 15 heavy (non-hydrogen) atoms. The number of carbonyl (C=O) groups excluding carboxylic acids is 1. The molecule has 2 aromatic rings. The van der Waals surface area contributed by atoms with Crippen molar-refractivity contribution in [2.24, 2.45) is 0 Å². The standard InChI is InChI=1S/C12H11BrO2/c1-6-4-9(13)5-10-7(2)12(8(3)14)15-11(6)10/h4-5H,1-3H3. The predicted octanol–water partition coefficient (Wildman–Crippen LogP) is 4.01. The van der Waals surface area contributed by atoms with Crippen LogP contribution in [0.1, 0.15) is 28.6 Å². The number of hydrogen-bond acceptors (Lipinski definition) is 2. The van der Waals surface area contributed by atoms with Gasteiger partial charge < -0.3 is 4.42 Å². The molecule has 0 spiro atoms. The summed E-state index contributed by atoms with van der Waals surface area (Å²) in [4.78, 5) is 11.3. The van der Waals surface area contributed by atoms with Crippen LogP contribution in [0.2, 0.25) is 0 Å². The number of ketones is 1. The number of benzene rings is 1. The lowest BCUT2D eigenvalue weighted by molar-refractivity contribution is 0.0988. The second-order valence-corrected chi connectivity index (χ2v) is 4.63. The van der Waals surface area contributed by atoms with Crippen molar-refractivity contribution >= 4 is 32.7 Å². The van der Waals surface area contributed by atoms with Gasteiger partial charge in [0.1, 0.15) is 5.58 Å². The molecule has 0 saturated carbocycles. The molecule has 1 heterocycles. The summed E-state index contributed by atoms with van der Waals surface area (Å²) in [5.74, 6) is 0.436. The SMILES string of the molecule is CC(=O)c1oc2c(C)cc(Br)cc2c1C. The molecule has 0 saturated heterocycles. The second kappa shape index (κ2) is 3.49. The first-order valence-corrected chi connectivity index (χ1v) is 5.50. The molecule has 0 aliphatic carbocycles. The van der Waals surface area contributed by atoms with Crippen molar-refractivity contribution in [2.45, 2.75) is 20.8 Å². The van der Waals surface area contributed by atoms with Crippen molar-refractivity contribution in [3.05, 3.63) is 33.5 Å². The number of furan rings is 1. The van der Waals surface area contributed by atoms with Gasteiger partial charge >= 0.3 is 0 Å². The van der Waals surface area contributed by atoms with Gasteiger partial charge in [0.15, 0.2) is 11.5 Å². The Morgan fingerprint density at radius 1 is 1.33 bits per heavy atom. The third-order valence-electron chi connectivity index (χ3n) is 2.51. The number of carbonyl (C=O) groups is 1. The lowest BCUT2D eigenvalue weighted by Crippen LogP contribution is -1.90. The van der Waals surface area contributed by atoms with Crippen molar-refractivity contribution in [3.8, 4) is 0 Å². The second-order valence-electron chi connectivity index (χ2n) is 3.71. The number of Topliss-reactive ketones (excluding diaryl/α,β-unsaturated/α-hetero) is 1. The van der Waals surface area contributed by atoms with Crippen LogP contribution < -0.4 is 0 Å². The molecule has 1 aromatic heterocycles. The highest BCUT2D eigenvalue weighted by Crippen LogP contribution is 2.30. The van der Waals surface area contributed by atoms with E-state index in [9.17, 15) is 4.79 Å². The van der Waals surface area contributed by atoms with Crippen molar-refractivity contribution < 1.29 is 9.21 Å². The summed E-state index contributed by atoms with van der Waals surface area (Å²) < 4.78 is 6.58. The van der Waals surface area contributed by atoms with Crippen molar-refractivity contribution in [1.82, 2.24) is 0 Å². The Balaban J connectivity index is 2.88. The average Bonchev–Trinajstić information content (AvgIpc) is 2.44. The summed E-state index contributed by atoms with van der Waals surface area (Å²) in [5.41, 5.74) is 2.76. The number of hydrogen-bond donors (Lipinski definition) is 0. The molecule has 78 valence electrons. The van der Waals surface area contributed by atoms with Gasteiger partial charge in [-0.05, 0) is 31.5 Å². The molecule has 2 nitrogen and oxygen atoms in total. The Morgan fingerprint density at radius 2 is 2.00 bits per heavy atom. The minimum absolute atomic E-state index is 0.0285. The molecule has 1 aromatic carbocycles. The molecule has 0 N–H and O–H groups in total. The van der Waals surface area contributed by atoms with E-state index in [0.717, 1.165) is 26.6 Å². The zero-order valence-corrected chi connectivity index (χ0v) is 10.4. The fourth-order valence-corrected chi connectivity index (χ4v) is 2.35. The molecule has 2 rings (SSSR count). The fraction of sp³-hybridized carbons (Fsp3) is 0.250. The van der Waals surface area contributed by atoms with Crippen molar-refractivity contribution in [3.63, 3.8) is 0 Å². The van der Waals surface area contributed by atoms with Crippen molar-refractivity contribution in [2.75, 3.05) is 0 Å². The first-order valence-electron chi connectivity index (χ1n) is 4.71. The lowest BCUT2D eigenvalue weighted by Gasteiger charge is -1.96. The summed E-state index contributed by atoms with van der Waals surface area (Å²) in [5, 5.41) is 1.01. The van der Waals surface area contributed by atoms with Crippen LogP contribution in [-0.4, -0.2) is 5.78 Å². The van der Waals surface area contributed by atoms with Gasteiger partial charge in [0.2, 0.25) is 0 Å². The molecule has 0 aliphatic heterocycles.